The lowest BCUT2D eigenvalue weighted by Gasteiger charge is -2.29. The van der Waals surface area contributed by atoms with Gasteiger partial charge in [-0.2, -0.15) is 0 Å². The van der Waals surface area contributed by atoms with Crippen LogP contribution < -0.4 is 0 Å². The van der Waals surface area contributed by atoms with Gasteiger partial charge in [0.2, 0.25) is 0 Å². The number of epoxide rings is 1. The Morgan fingerprint density at radius 2 is 1.88 bits per heavy atom. The van der Waals surface area contributed by atoms with Crippen molar-refractivity contribution < 1.29 is 19.0 Å². The van der Waals surface area contributed by atoms with E-state index in [9.17, 15) is 4.79 Å². The number of thiocarbonyl (C=S) groups is 1. The summed E-state index contributed by atoms with van der Waals surface area (Å²) < 4.78 is 18.3. The third-order valence-electron chi connectivity index (χ3n) is 8.90. The molecule has 5 nitrogen and oxygen atoms in total. The van der Waals surface area contributed by atoms with E-state index in [4.69, 9.17) is 26.4 Å². The molecule has 6 heteroatoms. The summed E-state index contributed by atoms with van der Waals surface area (Å²) in [6, 6.07) is 0. The molecule has 9 atom stereocenters. The molecule has 2 aliphatic rings. The maximum absolute atomic E-state index is 12.9. The second kappa shape index (κ2) is 15.5. The van der Waals surface area contributed by atoms with E-state index >= 15 is 0 Å². The number of rotatable bonds is 9. The molecule has 9 unspecified atom stereocenters. The summed E-state index contributed by atoms with van der Waals surface area (Å²) >= 11 is 5.45. The maximum atomic E-state index is 12.9. The first-order valence-corrected chi connectivity index (χ1v) is 15.8. The van der Waals surface area contributed by atoms with Gasteiger partial charge in [-0.05, 0) is 79.1 Å². The molecule has 0 aromatic heterocycles. The highest BCUT2D eigenvalue weighted by atomic mass is 32.1. The van der Waals surface area contributed by atoms with E-state index in [1.165, 1.54) is 6.42 Å². The van der Waals surface area contributed by atoms with Crippen LogP contribution in [0.25, 0.3) is 0 Å². The van der Waals surface area contributed by atoms with Gasteiger partial charge in [0.05, 0.1) is 12.2 Å². The number of hydrogen-bond donors (Lipinski definition) is 0. The maximum Gasteiger partial charge on any atom is 0.306 e. The number of ether oxygens (including phenoxy) is 3. The molecule has 0 aromatic rings. The van der Waals surface area contributed by atoms with Crippen molar-refractivity contribution in [3.63, 3.8) is 0 Å². The highest BCUT2D eigenvalue weighted by Gasteiger charge is 2.46. The molecule has 228 valence electrons. The molecular formula is C34H57NO4S. The Balaban J connectivity index is 2.16. The smallest absolute Gasteiger partial charge is 0.306 e. The van der Waals surface area contributed by atoms with Crippen LogP contribution in [-0.2, 0) is 19.0 Å². The summed E-state index contributed by atoms with van der Waals surface area (Å²) in [6.07, 6.45) is 15.5. The fraction of sp³-hybridized carbons (Fsp3) is 0.765. The van der Waals surface area contributed by atoms with E-state index in [1.807, 2.05) is 19.0 Å². The number of hydrogen-bond acceptors (Lipinski definition) is 5. The zero-order valence-electron chi connectivity index (χ0n) is 27.1. The van der Waals surface area contributed by atoms with Gasteiger partial charge in [-0.25, -0.2) is 0 Å². The summed E-state index contributed by atoms with van der Waals surface area (Å²) in [5, 5.41) is 0.485. The zero-order valence-corrected chi connectivity index (χ0v) is 27.9. The molecule has 2 rings (SSSR count). The standard InChI is InChI=1S/C34H57NO4S/c1-12-23(3)27(7)32-29(37-32)21-34(8,9)19-13-14-25(5)31-26(6)17-18-28(38-33(40)35(10)11)24(4)16-15-22(2)20-30(36)39-31/h13-14,17-19,22-24,26-29,31-32H,12,15-16,20-21H2,1-11H3/b18-17+,19-13+,25-14+. The first kappa shape index (κ1) is 34.5. The molecule has 0 aliphatic carbocycles. The van der Waals surface area contributed by atoms with Crippen LogP contribution in [0.1, 0.15) is 94.4 Å². The fourth-order valence-electron chi connectivity index (χ4n) is 5.48. The Bertz CT molecular complexity index is 923. The summed E-state index contributed by atoms with van der Waals surface area (Å²) in [6.45, 7) is 19.9. The highest BCUT2D eigenvalue weighted by molar-refractivity contribution is 7.80. The van der Waals surface area contributed by atoms with Gasteiger partial charge < -0.3 is 19.1 Å². The van der Waals surface area contributed by atoms with Crippen LogP contribution in [0.4, 0.5) is 0 Å². The van der Waals surface area contributed by atoms with Crippen molar-refractivity contribution in [2.45, 2.75) is 119 Å². The monoisotopic (exact) mass is 575 g/mol. The van der Waals surface area contributed by atoms with Gasteiger partial charge in [-0.3, -0.25) is 4.79 Å². The topological polar surface area (TPSA) is 51.3 Å². The fourth-order valence-corrected chi connectivity index (χ4v) is 5.59. The quantitative estimate of drug-likeness (QED) is 0.0909. The van der Waals surface area contributed by atoms with Gasteiger partial charge in [0.15, 0.2) is 0 Å². The Hall–Kier alpha value is -1.66. The minimum atomic E-state index is -0.340. The summed E-state index contributed by atoms with van der Waals surface area (Å²) in [7, 11) is 3.80. The first-order chi connectivity index (χ1) is 18.6. The predicted molar refractivity (Wildman–Crippen MR) is 170 cm³/mol. The van der Waals surface area contributed by atoms with Crippen LogP contribution in [-0.4, -0.2) is 54.6 Å². The second-order valence-corrected chi connectivity index (χ2v) is 14.0. The van der Waals surface area contributed by atoms with Crippen LogP contribution in [0.3, 0.4) is 0 Å². The van der Waals surface area contributed by atoms with E-state index in [0.29, 0.717) is 35.6 Å². The Kier molecular flexibility index (Phi) is 13.4. The zero-order chi connectivity index (χ0) is 30.2. The lowest BCUT2D eigenvalue weighted by molar-refractivity contribution is -0.149. The van der Waals surface area contributed by atoms with Gasteiger partial charge >= 0.3 is 5.97 Å². The highest BCUT2D eigenvalue weighted by Crippen LogP contribution is 2.41. The molecule has 40 heavy (non-hydrogen) atoms. The summed E-state index contributed by atoms with van der Waals surface area (Å²) in [5.41, 5.74) is 1.05. The Labute approximate surface area is 250 Å². The number of allylic oxidation sites excluding steroid dienone is 3. The second-order valence-electron chi connectivity index (χ2n) is 13.6. The average molecular weight is 576 g/mol. The molecule has 1 saturated heterocycles. The molecule has 0 aromatic carbocycles. The summed E-state index contributed by atoms with van der Waals surface area (Å²) in [5.74, 6) is 1.67. The molecule has 0 saturated carbocycles. The number of esters is 1. The van der Waals surface area contributed by atoms with Crippen molar-refractivity contribution in [3.05, 3.63) is 36.0 Å². The van der Waals surface area contributed by atoms with Crippen molar-refractivity contribution in [1.29, 1.82) is 0 Å². The van der Waals surface area contributed by atoms with Gasteiger partial charge in [0, 0.05) is 26.4 Å². The molecular weight excluding hydrogens is 518 g/mol. The molecule has 1 fully saturated rings. The van der Waals surface area contributed by atoms with Gasteiger partial charge in [-0.15, -0.1) is 0 Å². The SMILES string of the molecule is CCC(C)C(C)C1OC1CC(C)(C)/C=C/C=C(\C)C1OC(=O)CC(C)CCC(C)C(OC(=S)N(C)C)/C=C/C1C. The molecule has 0 bridgehead atoms. The molecule has 0 N–H and O–H groups in total. The predicted octanol–water partition coefficient (Wildman–Crippen LogP) is 8.15. The van der Waals surface area contributed by atoms with E-state index in [2.05, 4.69) is 92.7 Å². The molecule has 0 spiro atoms. The van der Waals surface area contributed by atoms with Gasteiger partial charge in [0.1, 0.15) is 12.2 Å². The van der Waals surface area contributed by atoms with Crippen LogP contribution in [0.5, 0.6) is 0 Å². The lowest BCUT2D eigenvalue weighted by atomic mass is 9.83. The van der Waals surface area contributed by atoms with Crippen LogP contribution in [0.15, 0.2) is 36.0 Å². The molecule has 0 radical (unpaired) electrons. The third-order valence-corrected chi connectivity index (χ3v) is 9.36. The van der Waals surface area contributed by atoms with Crippen LogP contribution in [0.2, 0.25) is 0 Å². The number of cyclic esters (lactones) is 1. The van der Waals surface area contributed by atoms with Crippen LogP contribution in [0, 0.1) is 35.0 Å². The third kappa shape index (κ3) is 11.0. The minimum Gasteiger partial charge on any atom is -0.463 e. The average Bonchev–Trinajstić information content (AvgIpc) is 3.63. The van der Waals surface area contributed by atoms with Crippen LogP contribution >= 0.6 is 12.2 Å². The van der Waals surface area contributed by atoms with Crippen molar-refractivity contribution >= 4 is 23.4 Å². The number of nitrogens with zero attached hydrogens (tertiary/aromatic N) is 1. The lowest BCUT2D eigenvalue weighted by Crippen LogP contribution is -2.32. The minimum absolute atomic E-state index is 0.00904. The van der Waals surface area contributed by atoms with E-state index in [0.717, 1.165) is 24.8 Å². The van der Waals surface area contributed by atoms with E-state index in [-0.39, 0.29) is 41.3 Å². The number of carbonyl (C=O) groups is 1. The molecule has 2 aliphatic heterocycles. The first-order valence-electron chi connectivity index (χ1n) is 15.4. The molecule has 0 amide bonds. The van der Waals surface area contributed by atoms with Crippen molar-refractivity contribution in [3.8, 4) is 0 Å². The Morgan fingerprint density at radius 1 is 1.20 bits per heavy atom. The van der Waals surface area contributed by atoms with E-state index < -0.39 is 0 Å². The van der Waals surface area contributed by atoms with E-state index in [1.54, 1.807) is 0 Å². The largest absolute Gasteiger partial charge is 0.463 e. The van der Waals surface area contributed by atoms with Crippen molar-refractivity contribution in [2.75, 3.05) is 14.1 Å². The van der Waals surface area contributed by atoms with Gasteiger partial charge in [0.25, 0.3) is 5.17 Å². The normalized spacial score (nSPS) is 32.8. The molecule has 2 heterocycles. The Morgan fingerprint density at radius 3 is 2.50 bits per heavy atom. The van der Waals surface area contributed by atoms with Crippen molar-refractivity contribution in [2.24, 2.45) is 35.0 Å². The van der Waals surface area contributed by atoms with Gasteiger partial charge in [-0.1, -0.05) is 86.1 Å². The van der Waals surface area contributed by atoms with Crippen molar-refractivity contribution in [1.82, 2.24) is 4.90 Å². The number of carbonyl (C=O) groups excluding carboxylic acids is 1. The summed E-state index contributed by atoms with van der Waals surface area (Å²) in [4.78, 5) is 14.7.